The second kappa shape index (κ2) is 4.69. The Labute approximate surface area is 112 Å². The van der Waals surface area contributed by atoms with Crippen molar-refractivity contribution in [2.75, 3.05) is 0 Å². The highest BCUT2D eigenvalue weighted by Gasteiger charge is 2.16. The van der Waals surface area contributed by atoms with Crippen molar-refractivity contribution in [1.29, 1.82) is 0 Å². The lowest BCUT2D eigenvalue weighted by molar-refractivity contribution is -0.384. The first-order valence-corrected chi connectivity index (χ1v) is 5.52. The quantitative estimate of drug-likeness (QED) is 0.688. The summed E-state index contributed by atoms with van der Waals surface area (Å²) in [6, 6.07) is 3.88. The molecule has 0 aliphatic heterocycles. The number of nitro groups is 1. The van der Waals surface area contributed by atoms with Crippen LogP contribution in [0.15, 0.2) is 24.4 Å². The van der Waals surface area contributed by atoms with E-state index in [1.165, 1.54) is 29.1 Å². The van der Waals surface area contributed by atoms with Gasteiger partial charge in [-0.25, -0.2) is 9.48 Å². The van der Waals surface area contributed by atoms with E-state index in [0.29, 0.717) is 11.4 Å². The van der Waals surface area contributed by atoms with Crippen LogP contribution < -0.4 is 0 Å². The second-order valence-corrected chi connectivity index (χ2v) is 4.18. The van der Waals surface area contributed by atoms with Crippen LogP contribution in [0.5, 0.6) is 0 Å². The van der Waals surface area contributed by atoms with Gasteiger partial charge < -0.3 is 5.11 Å². The maximum Gasteiger partial charge on any atom is 0.339 e. The van der Waals surface area contributed by atoms with Crippen molar-refractivity contribution in [2.24, 2.45) is 0 Å². The van der Waals surface area contributed by atoms with Gasteiger partial charge in [-0.1, -0.05) is 11.6 Å². The van der Waals surface area contributed by atoms with Gasteiger partial charge in [0.2, 0.25) is 0 Å². The topological polar surface area (TPSA) is 98.3 Å². The van der Waals surface area contributed by atoms with Gasteiger partial charge in [-0.3, -0.25) is 10.1 Å². The maximum atomic E-state index is 10.9. The van der Waals surface area contributed by atoms with E-state index in [-0.39, 0.29) is 16.3 Å². The van der Waals surface area contributed by atoms with Crippen molar-refractivity contribution in [3.8, 4) is 5.69 Å². The highest BCUT2D eigenvalue weighted by molar-refractivity contribution is 6.32. The Bertz CT molecular complexity index is 681. The monoisotopic (exact) mass is 281 g/mol. The van der Waals surface area contributed by atoms with E-state index < -0.39 is 10.9 Å². The highest BCUT2D eigenvalue weighted by atomic mass is 35.5. The number of aromatic carboxylic acids is 1. The van der Waals surface area contributed by atoms with E-state index in [2.05, 4.69) is 5.10 Å². The molecule has 1 aromatic carbocycles. The molecule has 0 aliphatic carbocycles. The average Bonchev–Trinajstić information content (AvgIpc) is 2.71. The number of nitrogens with zero attached hydrogens (tertiary/aromatic N) is 3. The molecule has 8 heteroatoms. The molecular formula is C11H8ClN3O4. The summed E-state index contributed by atoms with van der Waals surface area (Å²) < 4.78 is 1.28. The van der Waals surface area contributed by atoms with Gasteiger partial charge in [0, 0.05) is 18.3 Å². The summed E-state index contributed by atoms with van der Waals surface area (Å²) in [4.78, 5) is 21.0. The molecule has 0 bridgehead atoms. The first kappa shape index (κ1) is 13.0. The van der Waals surface area contributed by atoms with Crippen LogP contribution in [-0.4, -0.2) is 25.8 Å². The first-order valence-electron chi connectivity index (χ1n) is 5.14. The van der Waals surface area contributed by atoms with Gasteiger partial charge >= 0.3 is 5.97 Å². The van der Waals surface area contributed by atoms with Gasteiger partial charge in [-0.2, -0.15) is 5.10 Å². The Morgan fingerprint density at radius 2 is 2.21 bits per heavy atom. The molecule has 1 N–H and O–H groups in total. The highest BCUT2D eigenvalue weighted by Crippen LogP contribution is 2.25. The van der Waals surface area contributed by atoms with Crippen molar-refractivity contribution in [3.63, 3.8) is 0 Å². The normalized spacial score (nSPS) is 10.4. The molecule has 0 amide bonds. The predicted molar refractivity (Wildman–Crippen MR) is 66.9 cm³/mol. The number of non-ortho nitro benzene ring substituents is 1. The largest absolute Gasteiger partial charge is 0.478 e. The minimum Gasteiger partial charge on any atom is -0.478 e. The third-order valence-electron chi connectivity index (χ3n) is 2.52. The van der Waals surface area contributed by atoms with Crippen LogP contribution in [0.2, 0.25) is 5.02 Å². The summed E-state index contributed by atoms with van der Waals surface area (Å²) in [6.45, 7) is 1.55. The number of aryl methyl sites for hydroxylation is 1. The molecule has 0 spiro atoms. The van der Waals surface area contributed by atoms with Crippen LogP contribution in [0.1, 0.15) is 16.1 Å². The summed E-state index contributed by atoms with van der Waals surface area (Å²) in [5.41, 5.74) is 0.621. The smallest absolute Gasteiger partial charge is 0.339 e. The zero-order valence-electron chi connectivity index (χ0n) is 9.70. The van der Waals surface area contributed by atoms with E-state index in [4.69, 9.17) is 16.7 Å². The van der Waals surface area contributed by atoms with Crippen LogP contribution >= 0.6 is 11.6 Å². The SMILES string of the molecule is Cc1nn(-c2ccc([N+](=O)[O-])cc2Cl)cc1C(=O)O. The van der Waals surface area contributed by atoms with Crippen LogP contribution in [-0.2, 0) is 0 Å². The Balaban J connectivity index is 2.50. The van der Waals surface area contributed by atoms with E-state index in [0.717, 1.165) is 0 Å². The van der Waals surface area contributed by atoms with Crippen LogP contribution in [0.3, 0.4) is 0 Å². The van der Waals surface area contributed by atoms with Crippen LogP contribution in [0, 0.1) is 17.0 Å². The Morgan fingerprint density at radius 3 is 2.68 bits per heavy atom. The lowest BCUT2D eigenvalue weighted by Gasteiger charge is -2.03. The van der Waals surface area contributed by atoms with Gasteiger partial charge in [0.15, 0.2) is 0 Å². The van der Waals surface area contributed by atoms with Gasteiger partial charge in [-0.15, -0.1) is 0 Å². The number of halogens is 1. The zero-order chi connectivity index (χ0) is 14.2. The summed E-state index contributed by atoms with van der Waals surface area (Å²) in [5.74, 6) is -1.10. The second-order valence-electron chi connectivity index (χ2n) is 3.77. The van der Waals surface area contributed by atoms with Gasteiger partial charge in [0.25, 0.3) is 5.69 Å². The average molecular weight is 282 g/mol. The van der Waals surface area contributed by atoms with Crippen molar-refractivity contribution in [1.82, 2.24) is 9.78 Å². The number of nitro benzene ring substituents is 1. The third-order valence-corrected chi connectivity index (χ3v) is 2.82. The number of aromatic nitrogens is 2. The summed E-state index contributed by atoms with van der Waals surface area (Å²) in [6.07, 6.45) is 1.31. The van der Waals surface area contributed by atoms with E-state index >= 15 is 0 Å². The molecule has 0 aliphatic rings. The number of carboxylic acids is 1. The van der Waals surface area contributed by atoms with Crippen molar-refractivity contribution < 1.29 is 14.8 Å². The Kier molecular flexibility index (Phi) is 3.22. The fraction of sp³-hybridized carbons (Fsp3) is 0.0909. The van der Waals surface area contributed by atoms with E-state index in [9.17, 15) is 14.9 Å². The fourth-order valence-electron chi connectivity index (χ4n) is 1.59. The van der Waals surface area contributed by atoms with Gasteiger partial charge in [0.05, 0.1) is 21.3 Å². The van der Waals surface area contributed by atoms with Gasteiger partial charge in [0.1, 0.15) is 5.56 Å². The molecule has 0 fully saturated rings. The van der Waals surface area contributed by atoms with Crippen LogP contribution in [0.4, 0.5) is 5.69 Å². The number of rotatable bonds is 3. The van der Waals surface area contributed by atoms with E-state index in [1.807, 2.05) is 0 Å². The standard InChI is InChI=1S/C11H8ClN3O4/c1-6-8(11(16)17)5-14(13-6)10-3-2-7(15(18)19)4-9(10)12/h2-5H,1H3,(H,16,17). The van der Waals surface area contributed by atoms with Gasteiger partial charge in [-0.05, 0) is 13.0 Å². The summed E-state index contributed by atoms with van der Waals surface area (Å²) in [5, 5.41) is 23.7. The molecular weight excluding hydrogens is 274 g/mol. The van der Waals surface area contributed by atoms with Crippen molar-refractivity contribution in [3.05, 3.63) is 50.8 Å². The fourth-order valence-corrected chi connectivity index (χ4v) is 1.85. The minimum atomic E-state index is -1.10. The third kappa shape index (κ3) is 2.41. The molecule has 2 rings (SSSR count). The molecule has 1 heterocycles. The van der Waals surface area contributed by atoms with E-state index in [1.54, 1.807) is 6.92 Å². The zero-order valence-corrected chi connectivity index (χ0v) is 10.5. The number of carbonyl (C=O) groups is 1. The van der Waals surface area contributed by atoms with Crippen LogP contribution in [0.25, 0.3) is 5.69 Å². The Hall–Kier alpha value is -2.41. The lowest BCUT2D eigenvalue weighted by Crippen LogP contribution is -1.97. The molecule has 2 aromatic rings. The predicted octanol–water partition coefficient (Wildman–Crippen LogP) is 2.44. The summed E-state index contributed by atoms with van der Waals surface area (Å²) >= 11 is 5.94. The Morgan fingerprint density at radius 1 is 1.53 bits per heavy atom. The molecule has 19 heavy (non-hydrogen) atoms. The number of hydrogen-bond donors (Lipinski definition) is 1. The maximum absolute atomic E-state index is 10.9. The summed E-state index contributed by atoms with van der Waals surface area (Å²) in [7, 11) is 0. The molecule has 98 valence electrons. The minimum absolute atomic E-state index is 0.0504. The number of carboxylic acid groups (broad SMARTS) is 1. The molecule has 0 saturated heterocycles. The molecule has 0 unspecified atom stereocenters. The molecule has 1 aromatic heterocycles. The molecule has 0 radical (unpaired) electrons. The molecule has 7 nitrogen and oxygen atoms in total. The molecule has 0 saturated carbocycles. The number of benzene rings is 1. The first-order chi connectivity index (χ1) is 8.90. The lowest BCUT2D eigenvalue weighted by atomic mass is 10.2. The molecule has 0 atom stereocenters. The number of hydrogen-bond acceptors (Lipinski definition) is 4. The van der Waals surface area contributed by atoms with Crippen molar-refractivity contribution in [2.45, 2.75) is 6.92 Å². The van der Waals surface area contributed by atoms with Crippen molar-refractivity contribution >= 4 is 23.3 Å².